The van der Waals surface area contributed by atoms with Crippen molar-refractivity contribution < 1.29 is 19.2 Å². The molecule has 2 heterocycles. The molecule has 0 atom stereocenters. The molecule has 0 spiro atoms. The van der Waals surface area contributed by atoms with Crippen LogP contribution in [0.2, 0.25) is 0 Å². The minimum Gasteiger partial charge on any atom is -0.338 e. The van der Waals surface area contributed by atoms with Gasteiger partial charge in [0.05, 0.1) is 6.54 Å². The Labute approximate surface area is 131 Å². The van der Waals surface area contributed by atoms with Crippen LogP contribution in [-0.4, -0.2) is 53.9 Å². The molecule has 22 heavy (non-hydrogen) atoms. The zero-order valence-electron chi connectivity index (χ0n) is 14.4. The number of nitrogens with zero attached hydrogens (tertiary/aromatic N) is 2. The summed E-state index contributed by atoms with van der Waals surface area (Å²) < 4.78 is 0. The number of carbonyl (C=O) groups is 4. The van der Waals surface area contributed by atoms with E-state index in [1.165, 1.54) is 9.80 Å². The Morgan fingerprint density at radius 1 is 0.773 bits per heavy atom. The number of rotatable bonds is 0. The smallest absolute Gasteiger partial charge is 0.229 e. The number of likely N-dealkylation sites (tertiary alicyclic amines) is 2. The molecule has 2 rings (SSSR count). The van der Waals surface area contributed by atoms with Crippen LogP contribution in [0.5, 0.6) is 0 Å². The highest BCUT2D eigenvalue weighted by Gasteiger charge is 2.37. The number of imide groups is 1. The maximum absolute atomic E-state index is 11.3. The van der Waals surface area contributed by atoms with Gasteiger partial charge in [0.1, 0.15) is 0 Å². The Kier molecular flexibility index (Phi) is 5.15. The molecular formula is C16H26N2O4. The molecule has 6 nitrogen and oxygen atoms in total. The SMILES string of the molecule is CN1C(=O)CC(C)(C)CC1=O.CN1CC(=O)C(C)(C)CC1=O. The van der Waals surface area contributed by atoms with E-state index in [9.17, 15) is 19.2 Å². The molecule has 0 unspecified atom stereocenters. The summed E-state index contributed by atoms with van der Waals surface area (Å²) in [5.41, 5.74) is -0.579. The number of hydrogen-bond acceptors (Lipinski definition) is 4. The third-order valence-electron chi connectivity index (χ3n) is 4.16. The molecule has 2 saturated heterocycles. The molecule has 2 fully saturated rings. The van der Waals surface area contributed by atoms with Gasteiger partial charge in [0.2, 0.25) is 17.7 Å². The Morgan fingerprint density at radius 3 is 1.64 bits per heavy atom. The molecule has 3 amide bonds. The van der Waals surface area contributed by atoms with Crippen LogP contribution in [0, 0.1) is 10.8 Å². The third-order valence-corrected chi connectivity index (χ3v) is 4.16. The summed E-state index contributed by atoms with van der Waals surface area (Å²) in [7, 11) is 3.20. The van der Waals surface area contributed by atoms with Gasteiger partial charge in [-0.25, -0.2) is 0 Å². The summed E-state index contributed by atoms with van der Waals surface area (Å²) in [5, 5.41) is 0. The fourth-order valence-electron chi connectivity index (χ4n) is 2.39. The highest BCUT2D eigenvalue weighted by Crippen LogP contribution is 2.30. The van der Waals surface area contributed by atoms with Gasteiger partial charge in [-0.2, -0.15) is 0 Å². The Balaban J connectivity index is 0.000000220. The van der Waals surface area contributed by atoms with Crippen molar-refractivity contribution in [3.8, 4) is 0 Å². The van der Waals surface area contributed by atoms with Gasteiger partial charge in [0.15, 0.2) is 5.78 Å². The molecule has 2 aliphatic rings. The van der Waals surface area contributed by atoms with Gasteiger partial charge in [-0.05, 0) is 5.41 Å². The minimum atomic E-state index is -0.441. The Hall–Kier alpha value is -1.72. The van der Waals surface area contributed by atoms with Gasteiger partial charge in [0.25, 0.3) is 0 Å². The standard InChI is InChI=1S/2C8H13NO2/c1-8(2)4-7(11)9(3)5-6(8)10;1-8(2)4-6(10)9(3)7(11)5-8/h2*4-5H2,1-3H3. The summed E-state index contributed by atoms with van der Waals surface area (Å²) in [6.45, 7) is 7.79. The first-order valence-electron chi connectivity index (χ1n) is 7.42. The molecule has 6 heteroatoms. The summed E-state index contributed by atoms with van der Waals surface area (Å²) in [6.07, 6.45) is 1.31. The highest BCUT2D eigenvalue weighted by atomic mass is 16.2. The van der Waals surface area contributed by atoms with E-state index in [4.69, 9.17) is 0 Å². The van der Waals surface area contributed by atoms with E-state index in [0.29, 0.717) is 19.3 Å². The average molecular weight is 310 g/mol. The normalized spacial score (nSPS) is 24.1. The van der Waals surface area contributed by atoms with E-state index >= 15 is 0 Å². The van der Waals surface area contributed by atoms with Gasteiger partial charge >= 0.3 is 0 Å². The highest BCUT2D eigenvalue weighted by molar-refractivity contribution is 5.98. The van der Waals surface area contributed by atoms with Crippen molar-refractivity contribution >= 4 is 23.5 Å². The number of piperidine rings is 2. The van der Waals surface area contributed by atoms with Crippen molar-refractivity contribution in [2.75, 3.05) is 20.6 Å². The second kappa shape index (κ2) is 6.18. The second-order valence-corrected chi connectivity index (χ2v) is 7.60. The number of hydrogen-bond donors (Lipinski definition) is 0. The first-order valence-corrected chi connectivity index (χ1v) is 7.42. The van der Waals surface area contributed by atoms with Crippen LogP contribution in [0.1, 0.15) is 47.0 Å². The number of amides is 3. The largest absolute Gasteiger partial charge is 0.338 e. The first kappa shape index (κ1) is 18.3. The molecule has 0 aromatic rings. The Bertz CT molecular complexity index is 488. The number of carbonyl (C=O) groups excluding carboxylic acids is 4. The molecule has 0 saturated carbocycles. The van der Waals surface area contributed by atoms with Crippen molar-refractivity contribution in [1.29, 1.82) is 0 Å². The predicted molar refractivity (Wildman–Crippen MR) is 81.8 cm³/mol. The van der Waals surface area contributed by atoms with Crippen molar-refractivity contribution in [1.82, 2.24) is 9.80 Å². The monoisotopic (exact) mass is 310 g/mol. The van der Waals surface area contributed by atoms with Crippen molar-refractivity contribution in [2.24, 2.45) is 10.8 Å². The van der Waals surface area contributed by atoms with Gasteiger partial charge in [-0.3, -0.25) is 24.1 Å². The third kappa shape index (κ3) is 4.39. The van der Waals surface area contributed by atoms with Gasteiger partial charge < -0.3 is 4.90 Å². The van der Waals surface area contributed by atoms with E-state index in [1.54, 1.807) is 14.1 Å². The Morgan fingerprint density at radius 2 is 1.23 bits per heavy atom. The van der Waals surface area contributed by atoms with Crippen LogP contribution in [-0.2, 0) is 19.2 Å². The topological polar surface area (TPSA) is 74.8 Å². The zero-order valence-corrected chi connectivity index (χ0v) is 14.4. The molecule has 0 aromatic carbocycles. The average Bonchev–Trinajstić information content (AvgIpc) is 2.33. The lowest BCUT2D eigenvalue weighted by atomic mass is 9.81. The molecule has 2 aliphatic heterocycles. The number of likely N-dealkylation sites (N-methyl/N-ethyl adjacent to an activating group) is 1. The lowest BCUT2D eigenvalue weighted by Gasteiger charge is -2.32. The maximum Gasteiger partial charge on any atom is 0.229 e. The molecular weight excluding hydrogens is 284 g/mol. The van der Waals surface area contributed by atoms with Crippen molar-refractivity contribution in [2.45, 2.75) is 47.0 Å². The molecule has 0 aliphatic carbocycles. The summed E-state index contributed by atoms with van der Waals surface area (Å²) in [4.78, 5) is 47.4. The van der Waals surface area contributed by atoms with Gasteiger partial charge in [0, 0.05) is 38.8 Å². The second-order valence-electron chi connectivity index (χ2n) is 7.60. The zero-order chi connectivity index (χ0) is 17.3. The van der Waals surface area contributed by atoms with Crippen LogP contribution >= 0.6 is 0 Å². The van der Waals surface area contributed by atoms with Crippen molar-refractivity contribution in [3.05, 3.63) is 0 Å². The molecule has 0 radical (unpaired) electrons. The van der Waals surface area contributed by atoms with E-state index in [2.05, 4.69) is 0 Å². The van der Waals surface area contributed by atoms with E-state index in [-0.39, 0.29) is 35.5 Å². The quantitative estimate of drug-likeness (QED) is 0.631. The fourth-order valence-corrected chi connectivity index (χ4v) is 2.39. The van der Waals surface area contributed by atoms with Crippen LogP contribution in [0.3, 0.4) is 0 Å². The predicted octanol–water partition coefficient (Wildman–Crippen LogP) is 1.24. The van der Waals surface area contributed by atoms with Crippen molar-refractivity contribution in [3.63, 3.8) is 0 Å². The molecule has 124 valence electrons. The lowest BCUT2D eigenvalue weighted by Crippen LogP contribution is -2.46. The van der Waals surface area contributed by atoms with Crippen LogP contribution < -0.4 is 0 Å². The van der Waals surface area contributed by atoms with E-state index < -0.39 is 5.41 Å². The molecule has 0 bridgehead atoms. The van der Waals surface area contributed by atoms with E-state index in [1.807, 2.05) is 27.7 Å². The number of Topliss-reactive ketones (excluding diaryl/α,β-unsaturated/α-hetero) is 1. The summed E-state index contributed by atoms with van der Waals surface area (Å²) in [5.74, 6) is 0.0895. The summed E-state index contributed by atoms with van der Waals surface area (Å²) in [6, 6.07) is 0. The van der Waals surface area contributed by atoms with E-state index in [0.717, 1.165) is 0 Å². The maximum atomic E-state index is 11.3. The summed E-state index contributed by atoms with van der Waals surface area (Å²) >= 11 is 0. The molecule has 0 aromatic heterocycles. The van der Waals surface area contributed by atoms with Gasteiger partial charge in [-0.1, -0.05) is 27.7 Å². The van der Waals surface area contributed by atoms with Gasteiger partial charge in [-0.15, -0.1) is 0 Å². The van der Waals surface area contributed by atoms with Crippen LogP contribution in [0.4, 0.5) is 0 Å². The minimum absolute atomic E-state index is 0.0637. The number of ketones is 1. The lowest BCUT2D eigenvalue weighted by molar-refractivity contribution is -0.150. The first-order chi connectivity index (χ1) is 9.85. The fraction of sp³-hybridized carbons (Fsp3) is 0.750. The molecule has 0 N–H and O–H groups in total. The van der Waals surface area contributed by atoms with Crippen LogP contribution in [0.25, 0.3) is 0 Å². The van der Waals surface area contributed by atoms with Crippen LogP contribution in [0.15, 0.2) is 0 Å².